The Morgan fingerprint density at radius 2 is 2.00 bits per heavy atom. The van der Waals surface area contributed by atoms with Gasteiger partial charge in [0.25, 0.3) is 11.5 Å². The minimum atomic E-state index is -0.247. The number of nitrogens with zero attached hydrogens (tertiary/aromatic N) is 1. The van der Waals surface area contributed by atoms with Crippen molar-refractivity contribution < 1.29 is 9.53 Å². The van der Waals surface area contributed by atoms with Crippen LogP contribution in [0.3, 0.4) is 0 Å². The molecule has 1 heterocycles. The smallest absolute Gasteiger partial charge is 0.255 e. The van der Waals surface area contributed by atoms with Gasteiger partial charge in [-0.2, -0.15) is 0 Å². The molecule has 0 saturated heterocycles. The number of aromatic amines is 1. The third-order valence-corrected chi connectivity index (χ3v) is 5.33. The third kappa shape index (κ3) is 3.05. The number of nitrogens with two attached hydrogens (primary N) is 1. The highest BCUT2D eigenvalue weighted by Gasteiger charge is 2.33. The Balaban J connectivity index is 1.43. The number of benzene rings is 1. The number of hydrogen-bond donors (Lipinski definition) is 3. The first-order valence-electron chi connectivity index (χ1n) is 8.91. The molecule has 1 aromatic heterocycles. The third-order valence-electron chi connectivity index (χ3n) is 5.33. The fourth-order valence-electron chi connectivity index (χ4n) is 3.89. The molecular weight excluding hydrogens is 332 g/mol. The summed E-state index contributed by atoms with van der Waals surface area (Å²) in [6.45, 7) is 0. The average Bonchev–Trinajstić information content (AvgIpc) is 3.02. The normalized spacial score (nSPS) is 21.0. The van der Waals surface area contributed by atoms with Gasteiger partial charge in [-0.05, 0) is 55.4 Å². The second-order valence-corrected chi connectivity index (χ2v) is 7.07. The van der Waals surface area contributed by atoms with Crippen molar-refractivity contribution in [3.63, 3.8) is 0 Å². The Hall–Kier alpha value is -2.83. The zero-order chi connectivity index (χ0) is 18.3. The number of rotatable bonds is 4. The predicted molar refractivity (Wildman–Crippen MR) is 97.5 cm³/mol. The lowest BCUT2D eigenvalue weighted by atomic mass is 9.78. The minimum Gasteiger partial charge on any atom is -0.496 e. The monoisotopic (exact) mass is 354 g/mol. The summed E-state index contributed by atoms with van der Waals surface area (Å²) in [5, 5.41) is 3.06. The van der Waals surface area contributed by atoms with Crippen LogP contribution >= 0.6 is 0 Å². The number of nitrogen functional groups attached to an aromatic ring is 1. The van der Waals surface area contributed by atoms with Gasteiger partial charge >= 0.3 is 0 Å². The topological polar surface area (TPSA) is 110 Å². The summed E-state index contributed by atoms with van der Waals surface area (Å²) in [5.74, 6) is 0.788. The van der Waals surface area contributed by atoms with Crippen LogP contribution in [0.15, 0.2) is 23.0 Å². The highest BCUT2D eigenvalue weighted by molar-refractivity contribution is 5.97. The van der Waals surface area contributed by atoms with E-state index in [1.165, 1.54) is 17.2 Å². The molecule has 1 amide bonds. The number of carbonyl (C=O) groups is 1. The zero-order valence-corrected chi connectivity index (χ0v) is 14.7. The fraction of sp³-hybridized carbons (Fsp3) is 0.421. The quantitative estimate of drug-likeness (QED) is 0.771. The Labute approximate surface area is 151 Å². The van der Waals surface area contributed by atoms with Gasteiger partial charge in [0.2, 0.25) is 5.95 Å². The number of H-pyrrole nitrogens is 1. The minimum absolute atomic E-state index is 0.0628. The maximum atomic E-state index is 12.7. The largest absolute Gasteiger partial charge is 0.496 e. The van der Waals surface area contributed by atoms with E-state index in [9.17, 15) is 9.59 Å². The van der Waals surface area contributed by atoms with Crippen LogP contribution in [0, 0.1) is 0 Å². The molecule has 26 heavy (non-hydrogen) atoms. The molecule has 0 spiro atoms. The molecule has 1 aromatic carbocycles. The lowest BCUT2D eigenvalue weighted by molar-refractivity contribution is 0.0905. The first-order valence-corrected chi connectivity index (χ1v) is 8.91. The second-order valence-electron chi connectivity index (χ2n) is 7.07. The average molecular weight is 354 g/mol. The number of nitrogens with one attached hydrogen (secondary N) is 2. The van der Waals surface area contributed by atoms with Crippen molar-refractivity contribution in [2.45, 2.75) is 44.1 Å². The van der Waals surface area contributed by atoms with Gasteiger partial charge in [0.05, 0.1) is 18.4 Å². The molecule has 2 aliphatic carbocycles. The molecule has 2 aromatic rings. The molecule has 2 aliphatic rings. The molecule has 136 valence electrons. The van der Waals surface area contributed by atoms with Crippen molar-refractivity contribution in [1.29, 1.82) is 0 Å². The Morgan fingerprint density at radius 1 is 1.27 bits per heavy atom. The fourth-order valence-corrected chi connectivity index (χ4v) is 3.89. The van der Waals surface area contributed by atoms with Crippen molar-refractivity contribution >= 4 is 11.9 Å². The van der Waals surface area contributed by atoms with E-state index in [0.29, 0.717) is 17.0 Å². The molecule has 0 atom stereocenters. The first-order chi connectivity index (χ1) is 12.5. The van der Waals surface area contributed by atoms with E-state index in [1.54, 1.807) is 7.11 Å². The molecule has 4 rings (SSSR count). The van der Waals surface area contributed by atoms with E-state index < -0.39 is 0 Å². The Bertz CT molecular complexity index is 915. The van der Waals surface area contributed by atoms with Crippen LogP contribution in [-0.4, -0.2) is 29.0 Å². The predicted octanol–water partition coefficient (Wildman–Crippen LogP) is 1.53. The van der Waals surface area contributed by atoms with E-state index in [-0.39, 0.29) is 29.4 Å². The molecule has 7 nitrogen and oxygen atoms in total. The summed E-state index contributed by atoms with van der Waals surface area (Å²) in [4.78, 5) is 30.8. The van der Waals surface area contributed by atoms with E-state index >= 15 is 0 Å². The highest BCUT2D eigenvalue weighted by atomic mass is 16.5. The number of anilines is 1. The van der Waals surface area contributed by atoms with Crippen molar-refractivity contribution in [2.75, 3.05) is 12.8 Å². The van der Waals surface area contributed by atoms with Crippen LogP contribution < -0.4 is 21.3 Å². The number of aryl methyl sites for hydroxylation is 2. The van der Waals surface area contributed by atoms with Crippen LogP contribution in [-0.2, 0) is 12.8 Å². The van der Waals surface area contributed by atoms with Crippen LogP contribution in [0.1, 0.15) is 52.4 Å². The molecule has 0 bridgehead atoms. The number of methoxy groups -OCH3 is 1. The summed E-state index contributed by atoms with van der Waals surface area (Å²) in [6.07, 6.45) is 4.68. The molecule has 0 unspecified atom stereocenters. The number of fused-ring (bicyclic) bond motifs is 1. The van der Waals surface area contributed by atoms with Gasteiger partial charge < -0.3 is 15.8 Å². The van der Waals surface area contributed by atoms with E-state index in [4.69, 9.17) is 10.5 Å². The van der Waals surface area contributed by atoms with Crippen LogP contribution in [0.5, 0.6) is 5.75 Å². The molecule has 4 N–H and O–H groups in total. The van der Waals surface area contributed by atoms with Crippen molar-refractivity contribution in [3.8, 4) is 5.75 Å². The standard InChI is InChI=1S/C19H22N4O3/c1-26-16-8-11-4-2-3-10(11)7-14(16)18(25)21-13-5-12(6-13)15-9-17(24)23-19(20)22-15/h7-9,12-13H,2-6H2,1H3,(H,21,25)(H3,20,22,23,24). The SMILES string of the molecule is COc1cc2c(cc1C(=O)NC1CC(c3cc(=O)[nH]c(N)n3)C1)CCC2. The number of amides is 1. The van der Waals surface area contributed by atoms with E-state index in [0.717, 1.165) is 32.1 Å². The second kappa shape index (κ2) is 6.48. The number of carbonyl (C=O) groups excluding carboxylic acids is 1. The van der Waals surface area contributed by atoms with Crippen LogP contribution in [0.2, 0.25) is 0 Å². The van der Waals surface area contributed by atoms with Gasteiger partial charge in [-0.15, -0.1) is 0 Å². The van der Waals surface area contributed by atoms with Crippen molar-refractivity contribution in [3.05, 3.63) is 50.9 Å². The van der Waals surface area contributed by atoms with Crippen molar-refractivity contribution in [2.24, 2.45) is 0 Å². The highest BCUT2D eigenvalue weighted by Crippen LogP contribution is 2.36. The van der Waals surface area contributed by atoms with Gasteiger partial charge in [-0.1, -0.05) is 0 Å². The molecule has 1 saturated carbocycles. The summed E-state index contributed by atoms with van der Waals surface area (Å²) < 4.78 is 5.42. The maximum Gasteiger partial charge on any atom is 0.255 e. The van der Waals surface area contributed by atoms with Gasteiger partial charge in [0.1, 0.15) is 5.75 Å². The molecule has 0 aliphatic heterocycles. The first kappa shape index (κ1) is 16.6. The van der Waals surface area contributed by atoms with Gasteiger partial charge in [0.15, 0.2) is 0 Å². The number of aromatic nitrogens is 2. The van der Waals surface area contributed by atoms with E-state index in [2.05, 4.69) is 15.3 Å². The van der Waals surface area contributed by atoms with Crippen molar-refractivity contribution in [1.82, 2.24) is 15.3 Å². The summed E-state index contributed by atoms with van der Waals surface area (Å²) in [5.41, 5.74) is 9.15. The Morgan fingerprint density at radius 3 is 2.69 bits per heavy atom. The number of hydrogen-bond acceptors (Lipinski definition) is 5. The lowest BCUT2D eigenvalue weighted by Gasteiger charge is -2.35. The molecule has 0 radical (unpaired) electrons. The number of ether oxygens (including phenoxy) is 1. The van der Waals surface area contributed by atoms with Gasteiger partial charge in [-0.3, -0.25) is 14.6 Å². The van der Waals surface area contributed by atoms with Crippen LogP contribution in [0.25, 0.3) is 0 Å². The maximum absolute atomic E-state index is 12.7. The molecule has 1 fully saturated rings. The summed E-state index contributed by atoms with van der Waals surface area (Å²) in [6, 6.07) is 5.49. The van der Waals surface area contributed by atoms with Gasteiger partial charge in [-0.25, -0.2) is 4.98 Å². The Kier molecular flexibility index (Phi) is 4.14. The molecule has 7 heteroatoms. The van der Waals surface area contributed by atoms with Gasteiger partial charge in [0, 0.05) is 18.0 Å². The summed E-state index contributed by atoms with van der Waals surface area (Å²) >= 11 is 0. The van der Waals surface area contributed by atoms with E-state index in [1.807, 2.05) is 12.1 Å². The zero-order valence-electron chi connectivity index (χ0n) is 14.7. The lowest BCUT2D eigenvalue weighted by Crippen LogP contribution is -2.44. The van der Waals surface area contributed by atoms with Crippen LogP contribution in [0.4, 0.5) is 5.95 Å². The molecular formula is C19H22N4O3. The summed E-state index contributed by atoms with van der Waals surface area (Å²) in [7, 11) is 1.59.